The Hall–Kier alpha value is -2.02. The third-order valence-corrected chi connectivity index (χ3v) is 3.66. The summed E-state index contributed by atoms with van der Waals surface area (Å²) in [5.41, 5.74) is -0.805. The molecule has 3 nitrogen and oxygen atoms in total. The molecule has 0 fully saturated rings. The lowest BCUT2D eigenvalue weighted by Gasteiger charge is -2.16. The number of ether oxygens (including phenoxy) is 1. The molecular formula is C16H13BrF3NO2. The summed E-state index contributed by atoms with van der Waals surface area (Å²) < 4.78 is 43.9. The van der Waals surface area contributed by atoms with Gasteiger partial charge in [0.25, 0.3) is 5.91 Å². The maximum absolute atomic E-state index is 12.8. The Morgan fingerprint density at radius 2 is 1.83 bits per heavy atom. The SMILES string of the molecule is C[C@H](Oc1ccccc1)C(=O)Nc1ccc(Br)c(C(F)(F)F)c1. The van der Waals surface area contributed by atoms with Gasteiger partial charge in [-0.2, -0.15) is 13.2 Å². The minimum Gasteiger partial charge on any atom is -0.481 e. The van der Waals surface area contributed by atoms with Gasteiger partial charge in [-0.25, -0.2) is 0 Å². The number of carbonyl (C=O) groups excluding carboxylic acids is 1. The van der Waals surface area contributed by atoms with E-state index < -0.39 is 23.8 Å². The molecule has 2 rings (SSSR count). The molecule has 0 bridgehead atoms. The van der Waals surface area contributed by atoms with Crippen LogP contribution in [-0.2, 0) is 11.0 Å². The Bertz CT molecular complexity index is 689. The van der Waals surface area contributed by atoms with Gasteiger partial charge in [0, 0.05) is 10.2 Å². The standard InChI is InChI=1S/C16H13BrF3NO2/c1-10(23-12-5-3-2-4-6-12)15(22)21-11-7-8-14(17)13(9-11)16(18,19)20/h2-10H,1H3,(H,21,22)/t10-/m0/s1. The van der Waals surface area contributed by atoms with Crippen molar-refractivity contribution in [2.75, 3.05) is 5.32 Å². The fourth-order valence-corrected chi connectivity index (χ4v) is 2.29. The number of hydrogen-bond donors (Lipinski definition) is 1. The minimum atomic E-state index is -4.51. The lowest BCUT2D eigenvalue weighted by Crippen LogP contribution is -2.30. The van der Waals surface area contributed by atoms with Crippen LogP contribution < -0.4 is 10.1 Å². The van der Waals surface area contributed by atoms with Gasteiger partial charge in [0.1, 0.15) is 5.75 Å². The first-order valence-corrected chi connectivity index (χ1v) is 7.46. The molecule has 0 spiro atoms. The number of nitrogens with one attached hydrogen (secondary N) is 1. The topological polar surface area (TPSA) is 38.3 Å². The molecule has 2 aromatic carbocycles. The molecule has 0 aliphatic rings. The zero-order valence-corrected chi connectivity index (χ0v) is 13.6. The number of alkyl halides is 3. The lowest BCUT2D eigenvalue weighted by atomic mass is 10.2. The predicted molar refractivity (Wildman–Crippen MR) is 84.3 cm³/mol. The van der Waals surface area contributed by atoms with E-state index in [2.05, 4.69) is 21.2 Å². The number of para-hydroxylation sites is 1. The second-order valence-electron chi connectivity index (χ2n) is 4.75. The lowest BCUT2D eigenvalue weighted by molar-refractivity contribution is -0.138. The van der Waals surface area contributed by atoms with Gasteiger partial charge in [-0.3, -0.25) is 4.79 Å². The van der Waals surface area contributed by atoms with Gasteiger partial charge in [-0.1, -0.05) is 34.1 Å². The van der Waals surface area contributed by atoms with Crippen molar-refractivity contribution in [3.63, 3.8) is 0 Å². The average molecular weight is 388 g/mol. The van der Waals surface area contributed by atoms with E-state index in [0.717, 1.165) is 6.07 Å². The first-order valence-electron chi connectivity index (χ1n) is 6.66. The van der Waals surface area contributed by atoms with Crippen molar-refractivity contribution in [3.8, 4) is 5.75 Å². The Morgan fingerprint density at radius 3 is 2.43 bits per heavy atom. The summed E-state index contributed by atoms with van der Waals surface area (Å²) in [7, 11) is 0. The number of hydrogen-bond acceptors (Lipinski definition) is 2. The predicted octanol–water partition coefficient (Wildman–Crippen LogP) is 4.87. The molecule has 122 valence electrons. The van der Waals surface area contributed by atoms with Gasteiger partial charge in [-0.05, 0) is 37.3 Å². The summed E-state index contributed by atoms with van der Waals surface area (Å²) in [6, 6.07) is 12.2. The quantitative estimate of drug-likeness (QED) is 0.812. The molecule has 23 heavy (non-hydrogen) atoms. The summed E-state index contributed by atoms with van der Waals surface area (Å²) in [5.74, 6) is -0.0359. The Kier molecular flexibility index (Phi) is 5.30. The third-order valence-electron chi connectivity index (χ3n) is 2.96. The zero-order chi connectivity index (χ0) is 17.0. The van der Waals surface area contributed by atoms with Crippen LogP contribution in [0, 0.1) is 0 Å². The third kappa shape index (κ3) is 4.72. The zero-order valence-electron chi connectivity index (χ0n) is 12.0. The normalized spacial score (nSPS) is 12.6. The molecule has 0 heterocycles. The van der Waals surface area contributed by atoms with Crippen LogP contribution in [0.1, 0.15) is 12.5 Å². The maximum Gasteiger partial charge on any atom is 0.417 e. The van der Waals surface area contributed by atoms with Gasteiger partial charge in [-0.15, -0.1) is 0 Å². The van der Waals surface area contributed by atoms with Crippen molar-refractivity contribution in [3.05, 3.63) is 58.6 Å². The van der Waals surface area contributed by atoms with Crippen molar-refractivity contribution in [2.24, 2.45) is 0 Å². The monoisotopic (exact) mass is 387 g/mol. The van der Waals surface area contributed by atoms with Gasteiger partial charge in [0.15, 0.2) is 6.10 Å². The van der Waals surface area contributed by atoms with Crippen molar-refractivity contribution < 1.29 is 22.7 Å². The molecule has 0 aliphatic carbocycles. The molecule has 0 saturated heterocycles. The number of benzene rings is 2. The molecule has 0 radical (unpaired) electrons. The number of halogens is 4. The highest BCUT2D eigenvalue weighted by molar-refractivity contribution is 9.10. The van der Waals surface area contributed by atoms with Crippen LogP contribution in [-0.4, -0.2) is 12.0 Å². The molecule has 1 N–H and O–H groups in total. The van der Waals surface area contributed by atoms with Crippen LogP contribution in [0.4, 0.5) is 18.9 Å². The molecule has 0 aromatic heterocycles. The van der Waals surface area contributed by atoms with Crippen LogP contribution in [0.25, 0.3) is 0 Å². The highest BCUT2D eigenvalue weighted by Crippen LogP contribution is 2.36. The van der Waals surface area contributed by atoms with Crippen LogP contribution in [0.2, 0.25) is 0 Å². The Labute approximate surface area is 139 Å². The fraction of sp³-hybridized carbons (Fsp3) is 0.188. The second-order valence-corrected chi connectivity index (χ2v) is 5.61. The molecule has 1 amide bonds. The van der Waals surface area contributed by atoms with E-state index in [1.807, 2.05) is 0 Å². The summed E-state index contributed by atoms with van der Waals surface area (Å²) in [4.78, 5) is 12.0. The minimum absolute atomic E-state index is 0.0500. The van der Waals surface area contributed by atoms with Crippen LogP contribution in [0.5, 0.6) is 5.75 Å². The van der Waals surface area contributed by atoms with E-state index in [9.17, 15) is 18.0 Å². The van der Waals surface area contributed by atoms with Crippen molar-refractivity contribution in [1.29, 1.82) is 0 Å². The first kappa shape index (κ1) is 17.3. The average Bonchev–Trinajstić information content (AvgIpc) is 2.49. The van der Waals surface area contributed by atoms with E-state index >= 15 is 0 Å². The Balaban J connectivity index is 2.08. The Morgan fingerprint density at radius 1 is 1.17 bits per heavy atom. The number of rotatable bonds is 4. The smallest absolute Gasteiger partial charge is 0.417 e. The van der Waals surface area contributed by atoms with Crippen LogP contribution in [0.15, 0.2) is 53.0 Å². The molecule has 7 heteroatoms. The van der Waals surface area contributed by atoms with Gasteiger partial charge in [0.05, 0.1) is 5.56 Å². The molecule has 1 atom stereocenters. The van der Waals surface area contributed by atoms with Crippen LogP contribution in [0.3, 0.4) is 0 Å². The van der Waals surface area contributed by atoms with Gasteiger partial charge >= 0.3 is 6.18 Å². The van der Waals surface area contributed by atoms with Gasteiger partial charge < -0.3 is 10.1 Å². The van der Waals surface area contributed by atoms with E-state index in [1.165, 1.54) is 19.1 Å². The maximum atomic E-state index is 12.8. The van der Waals surface area contributed by atoms with E-state index in [-0.39, 0.29) is 10.2 Å². The van der Waals surface area contributed by atoms with E-state index in [0.29, 0.717) is 5.75 Å². The highest BCUT2D eigenvalue weighted by Gasteiger charge is 2.33. The largest absolute Gasteiger partial charge is 0.481 e. The van der Waals surface area contributed by atoms with Crippen molar-refractivity contribution >= 4 is 27.5 Å². The summed E-state index contributed by atoms with van der Waals surface area (Å²) in [5, 5.41) is 2.42. The number of amides is 1. The van der Waals surface area contributed by atoms with Gasteiger partial charge in [0.2, 0.25) is 0 Å². The second kappa shape index (κ2) is 7.04. The molecular weight excluding hydrogens is 375 g/mol. The van der Waals surface area contributed by atoms with Crippen molar-refractivity contribution in [1.82, 2.24) is 0 Å². The molecule has 0 saturated carbocycles. The van der Waals surface area contributed by atoms with Crippen molar-refractivity contribution in [2.45, 2.75) is 19.2 Å². The summed E-state index contributed by atoms with van der Waals surface area (Å²) >= 11 is 2.85. The molecule has 0 unspecified atom stereocenters. The fourth-order valence-electron chi connectivity index (χ4n) is 1.82. The summed E-state index contributed by atoms with van der Waals surface area (Å²) in [6.07, 6.45) is -5.36. The van der Waals surface area contributed by atoms with E-state index in [1.54, 1.807) is 30.3 Å². The highest BCUT2D eigenvalue weighted by atomic mass is 79.9. The van der Waals surface area contributed by atoms with Crippen LogP contribution >= 0.6 is 15.9 Å². The molecule has 0 aliphatic heterocycles. The van der Waals surface area contributed by atoms with E-state index in [4.69, 9.17) is 4.74 Å². The first-order chi connectivity index (χ1) is 10.8. The number of anilines is 1. The number of carbonyl (C=O) groups is 1. The summed E-state index contributed by atoms with van der Waals surface area (Å²) in [6.45, 7) is 1.52. The molecule has 2 aromatic rings.